The number of halogens is 1. The first-order valence-electron chi connectivity index (χ1n) is 7.23. The first-order chi connectivity index (χ1) is 10.2. The van der Waals surface area contributed by atoms with Gasteiger partial charge in [-0.1, -0.05) is 17.7 Å². The number of hydrogen-bond acceptors (Lipinski definition) is 3. The van der Waals surface area contributed by atoms with E-state index in [4.69, 9.17) is 16.3 Å². The van der Waals surface area contributed by atoms with Crippen LogP contribution in [0.15, 0.2) is 24.3 Å². The van der Waals surface area contributed by atoms with E-state index in [0.29, 0.717) is 13.2 Å². The minimum Gasteiger partial charge on any atom is -0.385 e. The van der Waals surface area contributed by atoms with E-state index in [2.05, 4.69) is 10.2 Å². The van der Waals surface area contributed by atoms with Crippen molar-refractivity contribution in [2.45, 2.75) is 6.42 Å². The zero-order valence-electron chi connectivity index (χ0n) is 12.3. The molecule has 1 saturated heterocycles. The van der Waals surface area contributed by atoms with Gasteiger partial charge >= 0.3 is 6.03 Å². The fourth-order valence-corrected chi connectivity index (χ4v) is 2.55. The summed E-state index contributed by atoms with van der Waals surface area (Å²) in [5.41, 5.74) is 1.11. The van der Waals surface area contributed by atoms with Crippen LogP contribution in [0.2, 0.25) is 5.02 Å². The van der Waals surface area contributed by atoms with Crippen LogP contribution in [0.4, 0.5) is 10.5 Å². The summed E-state index contributed by atoms with van der Waals surface area (Å²) < 4.78 is 4.96. The molecular weight excluding hydrogens is 290 g/mol. The summed E-state index contributed by atoms with van der Waals surface area (Å²) in [6.45, 7) is 4.42. The third-order valence-corrected chi connectivity index (χ3v) is 3.78. The van der Waals surface area contributed by atoms with Crippen molar-refractivity contribution in [3.05, 3.63) is 29.3 Å². The van der Waals surface area contributed by atoms with Crippen molar-refractivity contribution in [1.82, 2.24) is 10.2 Å². The number of methoxy groups -OCH3 is 1. The number of carbonyl (C=O) groups excluding carboxylic acids is 1. The molecule has 6 heteroatoms. The Hall–Kier alpha value is -1.46. The van der Waals surface area contributed by atoms with Crippen molar-refractivity contribution in [2.75, 3.05) is 51.3 Å². The van der Waals surface area contributed by atoms with E-state index in [9.17, 15) is 4.79 Å². The molecule has 0 unspecified atom stereocenters. The molecular formula is C15H22ClN3O2. The molecule has 116 valence electrons. The summed E-state index contributed by atoms with van der Waals surface area (Å²) >= 11 is 6.01. The minimum absolute atomic E-state index is 0.0110. The lowest BCUT2D eigenvalue weighted by Crippen LogP contribution is -2.52. The van der Waals surface area contributed by atoms with Gasteiger partial charge in [0.25, 0.3) is 0 Å². The fourth-order valence-electron chi connectivity index (χ4n) is 2.36. The molecule has 21 heavy (non-hydrogen) atoms. The molecule has 1 aromatic rings. The Balaban J connectivity index is 1.76. The van der Waals surface area contributed by atoms with Gasteiger partial charge in [-0.15, -0.1) is 0 Å². The Morgan fingerprint density at radius 1 is 1.33 bits per heavy atom. The van der Waals surface area contributed by atoms with Gasteiger partial charge in [0.2, 0.25) is 0 Å². The van der Waals surface area contributed by atoms with Gasteiger partial charge in [-0.25, -0.2) is 4.79 Å². The summed E-state index contributed by atoms with van der Waals surface area (Å²) in [6.07, 6.45) is 0.838. The quantitative estimate of drug-likeness (QED) is 0.848. The Kier molecular flexibility index (Phi) is 6.14. The molecule has 1 aromatic carbocycles. The average Bonchev–Trinajstić information content (AvgIpc) is 2.51. The molecule has 1 N–H and O–H groups in total. The summed E-state index contributed by atoms with van der Waals surface area (Å²) in [5.74, 6) is 0. The van der Waals surface area contributed by atoms with E-state index < -0.39 is 0 Å². The lowest BCUT2D eigenvalue weighted by Gasteiger charge is -2.36. The van der Waals surface area contributed by atoms with Gasteiger partial charge in [0.15, 0.2) is 0 Å². The molecule has 0 aliphatic carbocycles. The number of piperazine rings is 1. The summed E-state index contributed by atoms with van der Waals surface area (Å²) in [4.78, 5) is 16.1. The molecule has 0 atom stereocenters. The summed E-state index contributed by atoms with van der Waals surface area (Å²) in [6, 6.07) is 7.84. The molecule has 1 heterocycles. The largest absolute Gasteiger partial charge is 0.385 e. The SMILES string of the molecule is COCCCNC(=O)N1CCN(c2cccc(Cl)c2)CC1. The van der Waals surface area contributed by atoms with Crippen LogP contribution in [0, 0.1) is 0 Å². The van der Waals surface area contributed by atoms with Gasteiger partial charge in [0, 0.05) is 57.2 Å². The second-order valence-corrected chi connectivity index (χ2v) is 5.47. The van der Waals surface area contributed by atoms with Crippen LogP contribution < -0.4 is 10.2 Å². The number of rotatable bonds is 5. The normalized spacial score (nSPS) is 15.1. The van der Waals surface area contributed by atoms with Gasteiger partial charge in [-0.2, -0.15) is 0 Å². The van der Waals surface area contributed by atoms with E-state index in [0.717, 1.165) is 43.3 Å². The molecule has 1 aliphatic heterocycles. The van der Waals surface area contributed by atoms with Crippen LogP contribution in [0.3, 0.4) is 0 Å². The summed E-state index contributed by atoms with van der Waals surface area (Å²) in [7, 11) is 1.66. The molecule has 0 bridgehead atoms. The van der Waals surface area contributed by atoms with Crippen molar-refractivity contribution in [3.63, 3.8) is 0 Å². The molecule has 0 aromatic heterocycles. The molecule has 5 nitrogen and oxygen atoms in total. The van der Waals surface area contributed by atoms with E-state index >= 15 is 0 Å². The molecule has 2 amide bonds. The van der Waals surface area contributed by atoms with Crippen LogP contribution in [0.5, 0.6) is 0 Å². The smallest absolute Gasteiger partial charge is 0.317 e. The topological polar surface area (TPSA) is 44.8 Å². The molecule has 1 aliphatic rings. The average molecular weight is 312 g/mol. The lowest BCUT2D eigenvalue weighted by molar-refractivity contribution is 0.183. The number of amides is 2. The maximum atomic E-state index is 12.0. The van der Waals surface area contributed by atoms with Crippen molar-refractivity contribution in [3.8, 4) is 0 Å². The van der Waals surface area contributed by atoms with Crippen molar-refractivity contribution in [1.29, 1.82) is 0 Å². The third-order valence-electron chi connectivity index (χ3n) is 3.54. The first-order valence-corrected chi connectivity index (χ1v) is 7.61. The standard InChI is InChI=1S/C15H22ClN3O2/c1-21-11-3-6-17-15(20)19-9-7-18(8-10-19)14-5-2-4-13(16)12-14/h2,4-5,12H,3,6-11H2,1H3,(H,17,20). The highest BCUT2D eigenvalue weighted by molar-refractivity contribution is 6.30. The highest BCUT2D eigenvalue weighted by atomic mass is 35.5. The maximum absolute atomic E-state index is 12.0. The van der Waals surface area contributed by atoms with E-state index in [1.807, 2.05) is 29.2 Å². The van der Waals surface area contributed by atoms with Gasteiger partial charge in [0.05, 0.1) is 0 Å². The number of urea groups is 1. The van der Waals surface area contributed by atoms with Crippen LogP contribution in [0.25, 0.3) is 0 Å². The molecule has 0 spiro atoms. The zero-order valence-corrected chi connectivity index (χ0v) is 13.1. The second-order valence-electron chi connectivity index (χ2n) is 5.03. The highest BCUT2D eigenvalue weighted by Gasteiger charge is 2.20. The Morgan fingerprint density at radius 2 is 2.10 bits per heavy atom. The second kappa shape index (κ2) is 8.10. The number of anilines is 1. The van der Waals surface area contributed by atoms with Crippen LogP contribution in [-0.2, 0) is 4.74 Å². The predicted octanol–water partition coefficient (Wildman–Crippen LogP) is 2.21. The summed E-state index contributed by atoms with van der Waals surface area (Å²) in [5, 5.41) is 3.66. The predicted molar refractivity (Wildman–Crippen MR) is 85.1 cm³/mol. The number of nitrogens with zero attached hydrogens (tertiary/aromatic N) is 2. The minimum atomic E-state index is 0.0110. The van der Waals surface area contributed by atoms with Crippen molar-refractivity contribution >= 4 is 23.3 Å². The van der Waals surface area contributed by atoms with Gasteiger partial charge < -0.3 is 19.9 Å². The molecule has 0 saturated carbocycles. The Morgan fingerprint density at radius 3 is 2.76 bits per heavy atom. The van der Waals surface area contributed by atoms with Crippen molar-refractivity contribution < 1.29 is 9.53 Å². The highest BCUT2D eigenvalue weighted by Crippen LogP contribution is 2.20. The lowest BCUT2D eigenvalue weighted by atomic mass is 10.2. The van der Waals surface area contributed by atoms with E-state index in [1.54, 1.807) is 7.11 Å². The number of benzene rings is 1. The molecule has 1 fully saturated rings. The van der Waals surface area contributed by atoms with Gasteiger partial charge in [-0.05, 0) is 24.6 Å². The van der Waals surface area contributed by atoms with E-state index in [-0.39, 0.29) is 6.03 Å². The number of ether oxygens (including phenoxy) is 1. The van der Waals surface area contributed by atoms with Crippen LogP contribution in [-0.4, -0.2) is 57.4 Å². The number of carbonyl (C=O) groups is 1. The van der Waals surface area contributed by atoms with Gasteiger partial charge in [0.1, 0.15) is 0 Å². The fraction of sp³-hybridized carbons (Fsp3) is 0.533. The Labute approximate surface area is 130 Å². The van der Waals surface area contributed by atoms with Crippen LogP contribution >= 0.6 is 11.6 Å². The molecule has 0 radical (unpaired) electrons. The number of hydrogen-bond donors (Lipinski definition) is 1. The van der Waals surface area contributed by atoms with E-state index in [1.165, 1.54) is 0 Å². The number of nitrogens with one attached hydrogen (secondary N) is 1. The maximum Gasteiger partial charge on any atom is 0.317 e. The first kappa shape index (κ1) is 15.9. The van der Waals surface area contributed by atoms with Crippen LogP contribution in [0.1, 0.15) is 6.42 Å². The Bertz CT molecular complexity index is 462. The van der Waals surface area contributed by atoms with Gasteiger partial charge in [-0.3, -0.25) is 0 Å². The zero-order chi connectivity index (χ0) is 15.1. The monoisotopic (exact) mass is 311 g/mol. The molecule has 2 rings (SSSR count). The van der Waals surface area contributed by atoms with Crippen molar-refractivity contribution in [2.24, 2.45) is 0 Å². The third kappa shape index (κ3) is 4.79.